The second kappa shape index (κ2) is 6.73. The number of benzene rings is 1. The zero-order valence-corrected chi connectivity index (χ0v) is 13.4. The van der Waals surface area contributed by atoms with Gasteiger partial charge in [0.15, 0.2) is 6.61 Å². The third-order valence-electron chi connectivity index (χ3n) is 4.14. The van der Waals surface area contributed by atoms with E-state index in [4.69, 9.17) is 9.47 Å². The molecule has 0 saturated heterocycles. The van der Waals surface area contributed by atoms with E-state index in [9.17, 15) is 4.79 Å². The van der Waals surface area contributed by atoms with Gasteiger partial charge < -0.3 is 14.8 Å². The van der Waals surface area contributed by atoms with Crippen LogP contribution in [0.5, 0.6) is 11.5 Å². The van der Waals surface area contributed by atoms with Gasteiger partial charge in [0.05, 0.1) is 19.3 Å². The molecule has 1 amide bonds. The lowest BCUT2D eigenvalue weighted by atomic mass is 9.93. The molecular weight excluding hydrogens is 294 g/mol. The minimum Gasteiger partial charge on any atom is -0.497 e. The lowest BCUT2D eigenvalue weighted by Gasteiger charge is -2.23. The lowest BCUT2D eigenvalue weighted by Crippen LogP contribution is -2.34. The molecule has 1 atom stereocenters. The minimum atomic E-state index is -0.123. The van der Waals surface area contributed by atoms with Crippen molar-refractivity contribution in [1.82, 2.24) is 15.1 Å². The quantitative estimate of drug-likeness (QED) is 0.916. The molecule has 1 N–H and O–H groups in total. The number of rotatable bonds is 5. The Morgan fingerprint density at radius 2 is 2.09 bits per heavy atom. The van der Waals surface area contributed by atoms with Crippen molar-refractivity contribution >= 4 is 5.91 Å². The van der Waals surface area contributed by atoms with Crippen molar-refractivity contribution in [3.63, 3.8) is 0 Å². The summed E-state index contributed by atoms with van der Waals surface area (Å²) in [6, 6.07) is 7.20. The Hall–Kier alpha value is -2.50. The molecule has 0 spiro atoms. The van der Waals surface area contributed by atoms with Gasteiger partial charge in [0.1, 0.15) is 11.5 Å². The van der Waals surface area contributed by atoms with Crippen molar-refractivity contribution < 1.29 is 14.3 Å². The van der Waals surface area contributed by atoms with Gasteiger partial charge in [-0.05, 0) is 43.5 Å². The zero-order chi connectivity index (χ0) is 16.2. The molecule has 0 aliphatic heterocycles. The highest BCUT2D eigenvalue weighted by atomic mass is 16.5. The predicted octanol–water partition coefficient (Wildman–Crippen LogP) is 2.00. The molecule has 3 rings (SSSR count). The first-order valence-corrected chi connectivity index (χ1v) is 7.74. The average molecular weight is 315 g/mol. The van der Waals surface area contributed by atoms with Gasteiger partial charge in [-0.1, -0.05) is 0 Å². The third-order valence-corrected chi connectivity index (χ3v) is 4.14. The lowest BCUT2D eigenvalue weighted by molar-refractivity contribution is -0.123. The molecule has 0 unspecified atom stereocenters. The van der Waals surface area contributed by atoms with Crippen LogP contribution in [0, 0.1) is 0 Å². The zero-order valence-electron chi connectivity index (χ0n) is 13.4. The third kappa shape index (κ3) is 3.47. The van der Waals surface area contributed by atoms with E-state index in [0.717, 1.165) is 30.6 Å². The summed E-state index contributed by atoms with van der Waals surface area (Å²) in [5.41, 5.74) is 2.33. The van der Waals surface area contributed by atoms with Crippen molar-refractivity contribution in [3.05, 3.63) is 41.7 Å². The fourth-order valence-electron chi connectivity index (χ4n) is 2.91. The molecule has 6 nitrogen and oxygen atoms in total. The molecule has 1 aliphatic carbocycles. The van der Waals surface area contributed by atoms with Crippen LogP contribution < -0.4 is 14.8 Å². The van der Waals surface area contributed by atoms with Crippen LogP contribution in [0.4, 0.5) is 0 Å². The summed E-state index contributed by atoms with van der Waals surface area (Å²) in [6.45, 7) is -0.00156. The highest BCUT2D eigenvalue weighted by Gasteiger charge is 2.24. The molecule has 0 saturated carbocycles. The number of methoxy groups -OCH3 is 1. The fraction of sp³-hybridized carbons (Fsp3) is 0.412. The molecule has 122 valence electrons. The van der Waals surface area contributed by atoms with Gasteiger partial charge in [-0.25, -0.2) is 0 Å². The SMILES string of the molecule is COc1ccc(OCC(=O)N[C@H]2CCCc3c2cnn3C)cc1. The van der Waals surface area contributed by atoms with Crippen molar-refractivity contribution in [3.8, 4) is 11.5 Å². The van der Waals surface area contributed by atoms with Gasteiger partial charge in [-0.3, -0.25) is 9.48 Å². The van der Waals surface area contributed by atoms with E-state index in [2.05, 4.69) is 10.4 Å². The van der Waals surface area contributed by atoms with Crippen LogP contribution in [-0.2, 0) is 18.3 Å². The van der Waals surface area contributed by atoms with Crippen molar-refractivity contribution in [2.24, 2.45) is 7.05 Å². The van der Waals surface area contributed by atoms with Crippen LogP contribution in [0.1, 0.15) is 30.1 Å². The van der Waals surface area contributed by atoms with E-state index in [-0.39, 0.29) is 18.6 Å². The molecule has 6 heteroatoms. The highest BCUT2D eigenvalue weighted by molar-refractivity contribution is 5.78. The Balaban J connectivity index is 1.55. The largest absolute Gasteiger partial charge is 0.497 e. The molecule has 1 heterocycles. The molecular formula is C17H21N3O3. The Kier molecular flexibility index (Phi) is 4.50. The molecule has 1 aromatic heterocycles. The fourth-order valence-corrected chi connectivity index (χ4v) is 2.91. The second-order valence-corrected chi connectivity index (χ2v) is 5.65. The number of hydrogen-bond donors (Lipinski definition) is 1. The van der Waals surface area contributed by atoms with Gasteiger partial charge in [-0.2, -0.15) is 5.10 Å². The van der Waals surface area contributed by atoms with Crippen LogP contribution in [0.3, 0.4) is 0 Å². The molecule has 0 radical (unpaired) electrons. The first-order chi connectivity index (χ1) is 11.2. The average Bonchev–Trinajstić information content (AvgIpc) is 2.96. The second-order valence-electron chi connectivity index (χ2n) is 5.65. The van der Waals surface area contributed by atoms with Gasteiger partial charge >= 0.3 is 0 Å². The van der Waals surface area contributed by atoms with E-state index in [1.165, 1.54) is 5.69 Å². The summed E-state index contributed by atoms with van der Waals surface area (Å²) in [5.74, 6) is 1.28. The van der Waals surface area contributed by atoms with E-state index in [1.807, 2.05) is 17.9 Å². The number of carbonyl (C=O) groups excluding carboxylic acids is 1. The number of fused-ring (bicyclic) bond motifs is 1. The first-order valence-electron chi connectivity index (χ1n) is 7.74. The Bertz CT molecular complexity index is 679. The topological polar surface area (TPSA) is 65.4 Å². The van der Waals surface area contributed by atoms with Crippen molar-refractivity contribution in [2.75, 3.05) is 13.7 Å². The van der Waals surface area contributed by atoms with Gasteiger partial charge in [-0.15, -0.1) is 0 Å². The number of aryl methyl sites for hydroxylation is 1. The summed E-state index contributed by atoms with van der Waals surface area (Å²) in [4.78, 5) is 12.1. The van der Waals surface area contributed by atoms with Crippen LogP contribution in [0.2, 0.25) is 0 Å². The Morgan fingerprint density at radius 3 is 2.83 bits per heavy atom. The Morgan fingerprint density at radius 1 is 1.35 bits per heavy atom. The maximum absolute atomic E-state index is 12.1. The first kappa shape index (κ1) is 15.4. The standard InChI is InChI=1S/C17H21N3O3/c1-20-16-5-3-4-15(14(16)10-18-20)19-17(21)11-23-13-8-6-12(22-2)7-9-13/h6-10,15H,3-5,11H2,1-2H3,(H,19,21)/t15-/m0/s1. The normalized spacial score (nSPS) is 16.5. The summed E-state index contributed by atoms with van der Waals surface area (Å²) < 4.78 is 12.5. The summed E-state index contributed by atoms with van der Waals surface area (Å²) in [6.07, 6.45) is 4.86. The number of amides is 1. The summed E-state index contributed by atoms with van der Waals surface area (Å²) >= 11 is 0. The number of hydrogen-bond acceptors (Lipinski definition) is 4. The molecule has 23 heavy (non-hydrogen) atoms. The predicted molar refractivity (Wildman–Crippen MR) is 85.5 cm³/mol. The van der Waals surface area contributed by atoms with E-state index < -0.39 is 0 Å². The van der Waals surface area contributed by atoms with E-state index >= 15 is 0 Å². The molecule has 1 aromatic carbocycles. The maximum Gasteiger partial charge on any atom is 0.258 e. The van der Waals surface area contributed by atoms with Crippen molar-refractivity contribution in [1.29, 1.82) is 0 Å². The van der Waals surface area contributed by atoms with Gasteiger partial charge in [0.2, 0.25) is 0 Å². The number of carbonyl (C=O) groups is 1. The van der Waals surface area contributed by atoms with E-state index in [1.54, 1.807) is 31.4 Å². The molecule has 2 aromatic rings. The monoisotopic (exact) mass is 315 g/mol. The maximum atomic E-state index is 12.1. The Labute approximate surface area is 135 Å². The summed E-state index contributed by atoms with van der Waals surface area (Å²) in [7, 11) is 3.55. The number of aromatic nitrogens is 2. The molecule has 0 fully saturated rings. The number of ether oxygens (including phenoxy) is 2. The van der Waals surface area contributed by atoms with Gasteiger partial charge in [0.25, 0.3) is 5.91 Å². The summed E-state index contributed by atoms with van der Waals surface area (Å²) in [5, 5.41) is 7.33. The van der Waals surface area contributed by atoms with Crippen LogP contribution >= 0.6 is 0 Å². The van der Waals surface area contributed by atoms with E-state index in [0.29, 0.717) is 5.75 Å². The highest BCUT2D eigenvalue weighted by Crippen LogP contribution is 2.29. The minimum absolute atomic E-state index is 0.00156. The van der Waals surface area contributed by atoms with Crippen LogP contribution in [0.15, 0.2) is 30.5 Å². The number of nitrogens with zero attached hydrogens (tertiary/aromatic N) is 2. The smallest absolute Gasteiger partial charge is 0.258 e. The van der Waals surface area contributed by atoms with Crippen LogP contribution in [-0.4, -0.2) is 29.4 Å². The van der Waals surface area contributed by atoms with Crippen LogP contribution in [0.25, 0.3) is 0 Å². The van der Waals surface area contributed by atoms with Crippen molar-refractivity contribution in [2.45, 2.75) is 25.3 Å². The number of nitrogens with one attached hydrogen (secondary N) is 1. The van der Waals surface area contributed by atoms with Gasteiger partial charge in [0, 0.05) is 18.3 Å². The molecule has 1 aliphatic rings. The molecule has 0 bridgehead atoms.